The molecule has 0 bridgehead atoms. The van der Waals surface area contributed by atoms with Gasteiger partial charge in [-0.2, -0.15) is 4.31 Å². The molecule has 11 heteroatoms. The molecule has 1 aliphatic heterocycles. The molecular formula is C20H27N3O6S2. The van der Waals surface area contributed by atoms with Crippen molar-refractivity contribution in [1.82, 2.24) is 9.03 Å². The molecule has 3 rings (SSSR count). The maximum atomic E-state index is 12.7. The Morgan fingerprint density at radius 1 is 1.00 bits per heavy atom. The minimum atomic E-state index is -3.79. The van der Waals surface area contributed by atoms with Crippen LogP contribution in [-0.2, 0) is 20.0 Å². The molecule has 2 heterocycles. The Morgan fingerprint density at radius 3 is 2.32 bits per heavy atom. The van der Waals surface area contributed by atoms with E-state index in [1.165, 1.54) is 40.7 Å². The standard InChI is InChI=1S/C20H27N3O6S2/c1-20(2,3)22-30(25,26)16-9-7-8-15(14-16)21-19(24)17-10-11-18(29-17)31(27,28)23-12-5-4-6-13-23/h7-11,14,22H,4-6,12-13H2,1-3H3,(H,21,24). The second-order valence-corrected chi connectivity index (χ2v) is 12.0. The number of benzene rings is 1. The molecule has 0 spiro atoms. The average Bonchev–Trinajstić information content (AvgIpc) is 3.18. The van der Waals surface area contributed by atoms with E-state index in [1.807, 2.05) is 0 Å². The fourth-order valence-electron chi connectivity index (χ4n) is 3.21. The number of anilines is 1. The molecular weight excluding hydrogens is 442 g/mol. The number of nitrogens with zero attached hydrogens (tertiary/aromatic N) is 1. The number of nitrogens with one attached hydrogen (secondary N) is 2. The molecule has 0 aliphatic carbocycles. The minimum absolute atomic E-state index is 0.00645. The van der Waals surface area contributed by atoms with Crippen LogP contribution in [0.3, 0.4) is 0 Å². The van der Waals surface area contributed by atoms with Gasteiger partial charge in [0.25, 0.3) is 15.9 Å². The third-order valence-corrected chi connectivity index (χ3v) is 8.09. The van der Waals surface area contributed by atoms with Crippen LogP contribution in [0.25, 0.3) is 0 Å². The summed E-state index contributed by atoms with van der Waals surface area (Å²) in [7, 11) is -7.57. The third-order valence-electron chi connectivity index (χ3n) is 4.56. The van der Waals surface area contributed by atoms with Gasteiger partial charge in [-0.15, -0.1) is 0 Å². The summed E-state index contributed by atoms with van der Waals surface area (Å²) in [6.07, 6.45) is 2.56. The SMILES string of the molecule is CC(C)(C)NS(=O)(=O)c1cccc(NC(=O)c2ccc(S(=O)(=O)N3CCCCC3)o2)c1. The van der Waals surface area contributed by atoms with Gasteiger partial charge < -0.3 is 9.73 Å². The van der Waals surface area contributed by atoms with Crippen molar-refractivity contribution >= 4 is 31.6 Å². The number of furan rings is 1. The highest BCUT2D eigenvalue weighted by Crippen LogP contribution is 2.23. The summed E-state index contributed by atoms with van der Waals surface area (Å²) >= 11 is 0. The molecule has 0 radical (unpaired) electrons. The fraction of sp³-hybridized carbons (Fsp3) is 0.450. The maximum absolute atomic E-state index is 12.7. The van der Waals surface area contributed by atoms with Crippen LogP contribution < -0.4 is 10.0 Å². The van der Waals surface area contributed by atoms with Crippen molar-refractivity contribution in [1.29, 1.82) is 0 Å². The topological polar surface area (TPSA) is 126 Å². The highest BCUT2D eigenvalue weighted by Gasteiger charge is 2.30. The first-order chi connectivity index (χ1) is 14.4. The number of sulfonamides is 2. The van der Waals surface area contributed by atoms with E-state index < -0.39 is 31.5 Å². The van der Waals surface area contributed by atoms with Gasteiger partial charge in [0.15, 0.2) is 5.76 Å². The number of rotatable bonds is 6. The molecule has 2 aromatic rings. The number of carbonyl (C=O) groups is 1. The van der Waals surface area contributed by atoms with Gasteiger partial charge in [-0.1, -0.05) is 12.5 Å². The Bertz CT molecular complexity index is 1160. The molecule has 31 heavy (non-hydrogen) atoms. The van der Waals surface area contributed by atoms with Crippen molar-refractivity contribution < 1.29 is 26.0 Å². The lowest BCUT2D eigenvalue weighted by atomic mass is 10.1. The summed E-state index contributed by atoms with van der Waals surface area (Å²) in [6, 6.07) is 8.31. The predicted molar refractivity (Wildman–Crippen MR) is 116 cm³/mol. The molecule has 170 valence electrons. The maximum Gasteiger partial charge on any atom is 0.291 e. The predicted octanol–water partition coefficient (Wildman–Crippen LogP) is 2.78. The van der Waals surface area contributed by atoms with E-state index in [9.17, 15) is 21.6 Å². The second kappa shape index (κ2) is 8.73. The zero-order valence-corrected chi connectivity index (χ0v) is 19.3. The molecule has 1 aliphatic rings. The Kier molecular flexibility index (Phi) is 6.61. The van der Waals surface area contributed by atoms with Crippen LogP contribution in [0.1, 0.15) is 50.6 Å². The highest BCUT2D eigenvalue weighted by atomic mass is 32.2. The normalized spacial score (nSPS) is 16.2. The number of amides is 1. The summed E-state index contributed by atoms with van der Waals surface area (Å²) in [5, 5.41) is 2.26. The van der Waals surface area contributed by atoms with Crippen LogP contribution in [0.2, 0.25) is 0 Å². The molecule has 2 N–H and O–H groups in total. The smallest absolute Gasteiger partial charge is 0.291 e. The van der Waals surface area contributed by atoms with Crippen molar-refractivity contribution in [3.63, 3.8) is 0 Å². The van der Waals surface area contributed by atoms with Gasteiger partial charge in [-0.25, -0.2) is 21.6 Å². The van der Waals surface area contributed by atoms with Crippen LogP contribution in [0.5, 0.6) is 0 Å². The molecule has 1 saturated heterocycles. The minimum Gasteiger partial charge on any atom is -0.438 e. The quantitative estimate of drug-likeness (QED) is 0.670. The number of carbonyl (C=O) groups excluding carboxylic acids is 1. The van der Waals surface area contributed by atoms with Crippen molar-refractivity contribution in [2.75, 3.05) is 18.4 Å². The Morgan fingerprint density at radius 2 is 1.68 bits per heavy atom. The van der Waals surface area contributed by atoms with Crippen molar-refractivity contribution in [3.05, 3.63) is 42.2 Å². The molecule has 1 fully saturated rings. The fourth-order valence-corrected chi connectivity index (χ4v) is 6.10. The number of hydrogen-bond acceptors (Lipinski definition) is 6. The van der Waals surface area contributed by atoms with Crippen molar-refractivity contribution in [2.45, 2.75) is 55.6 Å². The zero-order valence-electron chi connectivity index (χ0n) is 17.7. The monoisotopic (exact) mass is 469 g/mol. The molecule has 0 unspecified atom stereocenters. The van der Waals surface area contributed by atoms with E-state index in [-0.39, 0.29) is 21.4 Å². The first-order valence-corrected chi connectivity index (χ1v) is 12.9. The average molecular weight is 470 g/mol. The lowest BCUT2D eigenvalue weighted by Crippen LogP contribution is -2.40. The molecule has 1 amide bonds. The van der Waals surface area contributed by atoms with Gasteiger partial charge in [-0.3, -0.25) is 4.79 Å². The second-order valence-electron chi connectivity index (χ2n) is 8.42. The summed E-state index contributed by atoms with van der Waals surface area (Å²) in [6.45, 7) is 6.02. The van der Waals surface area contributed by atoms with Crippen LogP contribution >= 0.6 is 0 Å². The first kappa shape index (κ1) is 23.5. The van der Waals surface area contributed by atoms with E-state index in [4.69, 9.17) is 4.42 Å². The molecule has 1 aromatic heterocycles. The Balaban J connectivity index is 1.76. The summed E-state index contributed by atoms with van der Waals surface area (Å²) in [5.41, 5.74) is -0.429. The van der Waals surface area contributed by atoms with E-state index in [0.717, 1.165) is 19.3 Å². The van der Waals surface area contributed by atoms with E-state index >= 15 is 0 Å². The van der Waals surface area contributed by atoms with Gasteiger partial charge in [0.05, 0.1) is 4.90 Å². The van der Waals surface area contributed by atoms with Gasteiger partial charge in [0.2, 0.25) is 15.1 Å². The molecule has 0 atom stereocenters. The summed E-state index contributed by atoms with van der Waals surface area (Å²) in [5.74, 6) is -0.866. The zero-order chi connectivity index (χ0) is 22.9. The first-order valence-electron chi connectivity index (χ1n) is 9.94. The van der Waals surface area contributed by atoms with Crippen molar-refractivity contribution in [2.24, 2.45) is 0 Å². The van der Waals surface area contributed by atoms with Crippen LogP contribution in [0, 0.1) is 0 Å². The number of piperidine rings is 1. The van der Waals surface area contributed by atoms with Crippen molar-refractivity contribution in [3.8, 4) is 0 Å². The largest absolute Gasteiger partial charge is 0.438 e. The van der Waals surface area contributed by atoms with E-state index in [2.05, 4.69) is 10.0 Å². The Hall–Kier alpha value is -2.21. The van der Waals surface area contributed by atoms with Gasteiger partial charge in [0, 0.05) is 24.3 Å². The van der Waals surface area contributed by atoms with Gasteiger partial charge in [-0.05, 0) is 63.9 Å². The summed E-state index contributed by atoms with van der Waals surface area (Å²) < 4.78 is 59.6. The van der Waals surface area contributed by atoms with Gasteiger partial charge in [0.1, 0.15) is 0 Å². The summed E-state index contributed by atoms with van der Waals surface area (Å²) in [4.78, 5) is 12.5. The van der Waals surface area contributed by atoms with Crippen LogP contribution in [0.15, 0.2) is 50.8 Å². The molecule has 1 aromatic carbocycles. The van der Waals surface area contributed by atoms with E-state index in [0.29, 0.717) is 13.1 Å². The van der Waals surface area contributed by atoms with Crippen LogP contribution in [-0.4, -0.2) is 45.7 Å². The Labute approximate surface area is 182 Å². The molecule has 9 nitrogen and oxygen atoms in total. The highest BCUT2D eigenvalue weighted by molar-refractivity contribution is 7.89. The van der Waals surface area contributed by atoms with Crippen LogP contribution in [0.4, 0.5) is 5.69 Å². The van der Waals surface area contributed by atoms with Gasteiger partial charge >= 0.3 is 0 Å². The third kappa shape index (κ3) is 5.73. The molecule has 0 saturated carbocycles. The number of hydrogen-bond donors (Lipinski definition) is 2. The lowest BCUT2D eigenvalue weighted by Gasteiger charge is -2.24. The lowest BCUT2D eigenvalue weighted by molar-refractivity contribution is 0.0991. The van der Waals surface area contributed by atoms with E-state index in [1.54, 1.807) is 20.8 Å².